The zero-order valence-electron chi connectivity index (χ0n) is 31.9. The summed E-state index contributed by atoms with van der Waals surface area (Å²) in [7, 11) is 2.89. The number of hydrogen-bond donors (Lipinski definition) is 6. The number of benzene rings is 2. The van der Waals surface area contributed by atoms with Crippen molar-refractivity contribution in [2.24, 2.45) is 11.7 Å². The lowest BCUT2D eigenvalue weighted by Gasteiger charge is -2.28. The largest absolute Gasteiger partial charge is 0.506 e. The van der Waals surface area contributed by atoms with E-state index >= 15 is 0 Å². The molecule has 2 aliphatic heterocycles. The Balaban J connectivity index is 1.74. The zero-order chi connectivity index (χ0) is 39.5. The zero-order valence-corrected chi connectivity index (χ0v) is 31.9. The summed E-state index contributed by atoms with van der Waals surface area (Å²) in [4.78, 5) is 41.1. The summed E-state index contributed by atoms with van der Waals surface area (Å²) in [5.41, 5.74) is 8.09. The van der Waals surface area contributed by atoms with Gasteiger partial charge >= 0.3 is 6.09 Å². The quantitative estimate of drug-likeness (QED) is 0.111. The molecule has 0 unspecified atom stereocenters. The molecule has 0 aromatic heterocycles. The first-order valence-electron chi connectivity index (χ1n) is 18.2. The normalized spacial score (nSPS) is 23.4. The Hall–Kier alpha value is -4.95. The molecule has 0 aliphatic carbocycles. The molecule has 2 heterocycles. The molecule has 7 N–H and O–H groups in total. The van der Waals surface area contributed by atoms with Gasteiger partial charge in [-0.3, -0.25) is 14.5 Å². The Bertz CT molecular complexity index is 1780. The number of allylic oxidation sites excluding steroid dienone is 2. The highest BCUT2D eigenvalue weighted by Crippen LogP contribution is 2.42. The highest BCUT2D eigenvalue weighted by Gasteiger charge is 2.29. The number of primary amides is 1. The number of ether oxygens (including phenoxy) is 3. The molecule has 54 heavy (non-hydrogen) atoms. The van der Waals surface area contributed by atoms with E-state index in [1.165, 1.54) is 39.6 Å². The standard InChI is InChI=1S/C41H54N4O9/c1-24-19-30-35(44-40(50)29-15-13-28(14-16-29)23-45-17-8-7-9-18-45)32(46)22-31(37(30)48)43-39(49)25(2)11-10-12-33(52-5)38(54-41(42)51)27(4)21-26(3)36(47)34(20-24)53-6/h10-16,19,21-22,26,33-34,36,38,46-48H,7-9,17-18,20,23H2,1-6H3,(H2,42,51)(H,43,49)(H,44,50)/t26-,33-,34-,36+,38-/m0/s1. The van der Waals surface area contributed by atoms with Gasteiger partial charge in [-0.25, -0.2) is 4.79 Å². The second-order valence-electron chi connectivity index (χ2n) is 14.0. The van der Waals surface area contributed by atoms with Crippen LogP contribution in [0.15, 0.2) is 71.4 Å². The van der Waals surface area contributed by atoms with Crippen LogP contribution in [-0.4, -0.2) is 89.9 Å². The van der Waals surface area contributed by atoms with Crippen molar-refractivity contribution in [2.75, 3.05) is 37.9 Å². The third kappa shape index (κ3) is 11.0. The number of likely N-dealkylation sites (tertiary alicyclic amines) is 1. The van der Waals surface area contributed by atoms with Gasteiger partial charge in [-0.05, 0) is 82.5 Å². The molecular formula is C41H54N4O9. The fourth-order valence-corrected chi connectivity index (χ4v) is 6.74. The van der Waals surface area contributed by atoms with Crippen molar-refractivity contribution in [3.63, 3.8) is 0 Å². The average molecular weight is 747 g/mol. The number of methoxy groups -OCH3 is 2. The number of aliphatic hydroxyl groups is 1. The lowest BCUT2D eigenvalue weighted by atomic mass is 9.91. The maximum atomic E-state index is 13.6. The van der Waals surface area contributed by atoms with Crippen molar-refractivity contribution in [1.29, 1.82) is 0 Å². The molecule has 0 spiro atoms. The van der Waals surface area contributed by atoms with Gasteiger partial charge in [0, 0.05) is 49.4 Å². The fraction of sp³-hybridized carbons (Fsp3) is 0.439. The van der Waals surface area contributed by atoms with Crippen LogP contribution >= 0.6 is 0 Å². The van der Waals surface area contributed by atoms with Crippen LogP contribution in [0.5, 0.6) is 11.5 Å². The maximum absolute atomic E-state index is 13.6. The second kappa shape index (κ2) is 19.4. The average Bonchev–Trinajstić information content (AvgIpc) is 3.14. The number of amides is 3. The van der Waals surface area contributed by atoms with Gasteiger partial charge in [-0.15, -0.1) is 0 Å². The molecule has 0 saturated carbocycles. The van der Waals surface area contributed by atoms with Crippen LogP contribution in [0.25, 0.3) is 6.08 Å². The molecule has 13 nitrogen and oxygen atoms in total. The first kappa shape index (κ1) is 41.8. The number of aromatic hydroxyl groups is 2. The molecule has 0 radical (unpaired) electrons. The fourth-order valence-electron chi connectivity index (χ4n) is 6.74. The Morgan fingerprint density at radius 2 is 1.72 bits per heavy atom. The number of piperidine rings is 1. The minimum Gasteiger partial charge on any atom is -0.506 e. The number of rotatable bonds is 7. The van der Waals surface area contributed by atoms with Crippen LogP contribution < -0.4 is 16.4 Å². The summed E-state index contributed by atoms with van der Waals surface area (Å²) < 4.78 is 16.7. The van der Waals surface area contributed by atoms with E-state index < -0.39 is 59.7 Å². The summed E-state index contributed by atoms with van der Waals surface area (Å²) in [6.45, 7) is 9.70. The maximum Gasteiger partial charge on any atom is 0.405 e. The first-order chi connectivity index (χ1) is 25.7. The number of phenolic OH excluding ortho intramolecular Hbond substituents is 2. The van der Waals surface area contributed by atoms with Crippen molar-refractivity contribution in [3.8, 4) is 11.5 Å². The topological polar surface area (TPSA) is 193 Å². The van der Waals surface area contributed by atoms with E-state index in [1.54, 1.807) is 64.1 Å². The van der Waals surface area contributed by atoms with E-state index in [1.807, 2.05) is 12.1 Å². The summed E-state index contributed by atoms with van der Waals surface area (Å²) in [6, 6.07) is 8.42. The summed E-state index contributed by atoms with van der Waals surface area (Å²) in [5, 5.41) is 39.7. The molecular weight excluding hydrogens is 692 g/mol. The highest BCUT2D eigenvalue weighted by molar-refractivity contribution is 6.09. The number of nitrogens with one attached hydrogen (secondary N) is 2. The van der Waals surface area contributed by atoms with E-state index in [-0.39, 0.29) is 28.9 Å². The molecule has 1 saturated heterocycles. The molecule has 2 aromatic rings. The molecule has 13 heteroatoms. The molecule has 2 bridgehead atoms. The SMILES string of the molecule is CO[C@H]1C=CC=C(C)C(=O)Nc2cc(O)c(NC(=O)c3ccc(CN4CCCCC4)cc3)c(c2O)C=C(C)C[C@H](OC)[C@H](O)[C@@H](C)C=C(C)[C@@H]1OC(N)=O. The lowest BCUT2D eigenvalue weighted by Crippen LogP contribution is -2.36. The molecule has 2 aliphatic rings. The Kier molecular flexibility index (Phi) is 15.0. The Morgan fingerprint density at radius 1 is 1.04 bits per heavy atom. The number of anilines is 2. The van der Waals surface area contributed by atoms with Crippen LogP contribution in [0.1, 0.15) is 74.9 Å². The van der Waals surface area contributed by atoms with Gasteiger partial charge < -0.3 is 45.9 Å². The van der Waals surface area contributed by atoms with Gasteiger partial charge in [-0.1, -0.05) is 55.4 Å². The molecule has 1 fully saturated rings. The molecule has 292 valence electrons. The summed E-state index contributed by atoms with van der Waals surface area (Å²) in [6.07, 6.45) is 7.15. The number of nitrogens with two attached hydrogens (primary N) is 1. The van der Waals surface area contributed by atoms with Gasteiger partial charge in [0.15, 0.2) is 6.10 Å². The van der Waals surface area contributed by atoms with E-state index in [0.717, 1.165) is 31.3 Å². The second-order valence-corrected chi connectivity index (χ2v) is 14.0. The van der Waals surface area contributed by atoms with Gasteiger partial charge in [0.05, 0.1) is 23.6 Å². The monoisotopic (exact) mass is 746 g/mol. The highest BCUT2D eigenvalue weighted by atomic mass is 16.6. The number of fused-ring (bicyclic) bond motifs is 2. The minimum atomic E-state index is -1.04. The van der Waals surface area contributed by atoms with E-state index in [0.29, 0.717) is 16.7 Å². The third-order valence-corrected chi connectivity index (χ3v) is 9.80. The van der Waals surface area contributed by atoms with Crippen LogP contribution in [-0.2, 0) is 25.5 Å². The number of carbonyl (C=O) groups excluding carboxylic acids is 3. The molecule has 2 aromatic carbocycles. The lowest BCUT2D eigenvalue weighted by molar-refractivity contribution is -0.112. The smallest absolute Gasteiger partial charge is 0.405 e. The van der Waals surface area contributed by atoms with E-state index in [9.17, 15) is 29.7 Å². The predicted octanol–water partition coefficient (Wildman–Crippen LogP) is 6.02. The van der Waals surface area contributed by atoms with Crippen LogP contribution in [0.3, 0.4) is 0 Å². The van der Waals surface area contributed by atoms with Crippen LogP contribution in [0, 0.1) is 5.92 Å². The molecule has 5 atom stereocenters. The van der Waals surface area contributed by atoms with Gasteiger partial charge in [0.2, 0.25) is 0 Å². The number of carbonyl (C=O) groups is 3. The van der Waals surface area contributed by atoms with Gasteiger partial charge in [0.1, 0.15) is 17.6 Å². The van der Waals surface area contributed by atoms with Gasteiger partial charge in [0.25, 0.3) is 11.8 Å². The number of nitrogens with zero attached hydrogens (tertiary/aromatic N) is 1. The van der Waals surface area contributed by atoms with E-state index in [2.05, 4.69) is 15.5 Å². The number of aliphatic hydroxyl groups excluding tert-OH is 1. The Labute approximate surface area is 317 Å². The van der Waals surface area contributed by atoms with Crippen molar-refractivity contribution >= 4 is 35.4 Å². The van der Waals surface area contributed by atoms with Crippen molar-refractivity contribution in [2.45, 2.75) is 84.3 Å². The van der Waals surface area contributed by atoms with E-state index in [4.69, 9.17) is 19.9 Å². The predicted molar refractivity (Wildman–Crippen MR) is 208 cm³/mol. The summed E-state index contributed by atoms with van der Waals surface area (Å²) >= 11 is 0. The van der Waals surface area contributed by atoms with Crippen molar-refractivity contribution < 1.29 is 43.9 Å². The van der Waals surface area contributed by atoms with Crippen molar-refractivity contribution in [3.05, 3.63) is 88.0 Å². The van der Waals surface area contributed by atoms with Crippen LogP contribution in [0.4, 0.5) is 16.2 Å². The van der Waals surface area contributed by atoms with Crippen LogP contribution in [0.2, 0.25) is 0 Å². The van der Waals surface area contributed by atoms with Crippen molar-refractivity contribution in [1.82, 2.24) is 4.90 Å². The third-order valence-electron chi connectivity index (χ3n) is 9.80. The minimum absolute atomic E-state index is 0.0415. The number of hydrogen-bond acceptors (Lipinski definition) is 10. The van der Waals surface area contributed by atoms with Gasteiger partial charge in [-0.2, -0.15) is 0 Å². The summed E-state index contributed by atoms with van der Waals surface area (Å²) in [5.74, 6) is -2.40. The Morgan fingerprint density at radius 3 is 2.35 bits per heavy atom. The number of phenols is 2. The first-order valence-corrected chi connectivity index (χ1v) is 18.2. The molecule has 3 amide bonds. The molecule has 4 rings (SSSR count).